The summed E-state index contributed by atoms with van der Waals surface area (Å²) in [5.41, 5.74) is 7.60. The smallest absolute Gasteiger partial charge is 0.413 e. The molecule has 1 fully saturated rings. The third-order valence-corrected chi connectivity index (χ3v) is 4.17. The Morgan fingerprint density at radius 3 is 2.64 bits per heavy atom. The van der Waals surface area contributed by atoms with Crippen LogP contribution in [-0.4, -0.2) is 34.6 Å². The molecule has 0 aliphatic carbocycles. The van der Waals surface area contributed by atoms with E-state index in [-0.39, 0.29) is 11.9 Å². The minimum atomic E-state index is -0.537. The molecule has 1 saturated heterocycles. The van der Waals surface area contributed by atoms with E-state index >= 15 is 0 Å². The van der Waals surface area contributed by atoms with E-state index in [9.17, 15) is 9.18 Å². The normalized spacial score (nSPS) is 23.0. The van der Waals surface area contributed by atoms with Gasteiger partial charge in [-0.3, -0.25) is 9.88 Å². The van der Waals surface area contributed by atoms with Gasteiger partial charge in [0.15, 0.2) is 6.29 Å². The summed E-state index contributed by atoms with van der Waals surface area (Å²) in [5, 5.41) is 0. The first-order valence-electron chi connectivity index (χ1n) is 7.93. The summed E-state index contributed by atoms with van der Waals surface area (Å²) in [7, 11) is 0. The molecule has 2 unspecified atom stereocenters. The summed E-state index contributed by atoms with van der Waals surface area (Å²) < 4.78 is 18.5. The molecule has 0 spiro atoms. The lowest BCUT2D eigenvalue weighted by atomic mass is 10.1. The molecule has 25 heavy (non-hydrogen) atoms. The molecule has 128 valence electrons. The molecule has 1 amide bonds. The van der Waals surface area contributed by atoms with Crippen LogP contribution in [0.3, 0.4) is 0 Å². The van der Waals surface area contributed by atoms with Gasteiger partial charge in [-0.05, 0) is 29.8 Å². The van der Waals surface area contributed by atoms with Crippen molar-refractivity contribution >= 4 is 11.9 Å². The maximum Gasteiger partial charge on any atom is 0.413 e. The van der Waals surface area contributed by atoms with Gasteiger partial charge in [0, 0.05) is 30.9 Å². The summed E-state index contributed by atoms with van der Waals surface area (Å²) >= 11 is 0. The van der Waals surface area contributed by atoms with Crippen LogP contribution >= 0.6 is 0 Å². The summed E-state index contributed by atoms with van der Waals surface area (Å²) in [4.78, 5) is 22.3. The number of hydrogen-bond acceptors (Lipinski definition) is 6. The number of cyclic esters (lactones) is 1. The Kier molecular flexibility index (Phi) is 4.02. The largest absolute Gasteiger partial charge is 0.441 e. The van der Waals surface area contributed by atoms with E-state index in [1.54, 1.807) is 24.5 Å². The number of ether oxygens (including phenoxy) is 1. The molecule has 7 nitrogen and oxygen atoms in total. The lowest BCUT2D eigenvalue weighted by molar-refractivity contribution is 0.00708. The monoisotopic (exact) mass is 341 g/mol. The molecule has 0 bridgehead atoms. The van der Waals surface area contributed by atoms with Crippen molar-refractivity contribution in [3.8, 4) is 0 Å². The molecular weight excluding hydrogens is 325 g/mol. The molecule has 2 N–H and O–H groups in total. The first kappa shape index (κ1) is 15.5. The quantitative estimate of drug-likeness (QED) is 0.892. The maximum atomic E-state index is 13.0. The number of aliphatic imine (C=N–C) groups is 1. The van der Waals surface area contributed by atoms with Crippen LogP contribution in [0.2, 0.25) is 0 Å². The van der Waals surface area contributed by atoms with Gasteiger partial charge in [0.25, 0.3) is 0 Å². The zero-order valence-electron chi connectivity index (χ0n) is 13.2. The Morgan fingerprint density at radius 1 is 1.16 bits per heavy atom. The van der Waals surface area contributed by atoms with Crippen molar-refractivity contribution < 1.29 is 13.9 Å². The SMILES string of the molecule is O=C1OC(c2ccc(F)cc2)CCN1C1N=C(c2ccncc2)NN1. The van der Waals surface area contributed by atoms with E-state index in [0.29, 0.717) is 18.8 Å². The van der Waals surface area contributed by atoms with Crippen LogP contribution in [0.15, 0.2) is 53.8 Å². The lowest BCUT2D eigenvalue weighted by Gasteiger charge is -2.33. The predicted octanol–water partition coefficient (Wildman–Crippen LogP) is 1.94. The highest BCUT2D eigenvalue weighted by molar-refractivity contribution is 5.99. The molecule has 0 saturated carbocycles. The van der Waals surface area contributed by atoms with Crippen LogP contribution in [0.4, 0.5) is 9.18 Å². The number of halogens is 1. The highest BCUT2D eigenvalue weighted by atomic mass is 19.1. The second-order valence-electron chi connectivity index (χ2n) is 5.76. The number of hydrogen-bond donors (Lipinski definition) is 2. The van der Waals surface area contributed by atoms with Crippen molar-refractivity contribution in [2.45, 2.75) is 18.8 Å². The number of amides is 1. The number of benzene rings is 1. The Balaban J connectivity index is 1.44. The predicted molar refractivity (Wildman–Crippen MR) is 87.8 cm³/mol. The van der Waals surface area contributed by atoms with Crippen molar-refractivity contribution in [2.24, 2.45) is 4.99 Å². The van der Waals surface area contributed by atoms with Gasteiger partial charge in [-0.2, -0.15) is 5.43 Å². The topological polar surface area (TPSA) is 78.8 Å². The van der Waals surface area contributed by atoms with Crippen LogP contribution in [-0.2, 0) is 4.74 Å². The molecule has 2 atom stereocenters. The molecule has 2 aliphatic rings. The third-order valence-electron chi connectivity index (χ3n) is 4.17. The van der Waals surface area contributed by atoms with E-state index in [0.717, 1.165) is 11.1 Å². The van der Waals surface area contributed by atoms with Crippen molar-refractivity contribution in [3.05, 3.63) is 65.7 Å². The van der Waals surface area contributed by atoms with Crippen LogP contribution < -0.4 is 10.9 Å². The average molecular weight is 341 g/mol. The number of hydrazine groups is 1. The van der Waals surface area contributed by atoms with Crippen molar-refractivity contribution in [2.75, 3.05) is 6.54 Å². The van der Waals surface area contributed by atoms with Gasteiger partial charge in [0.05, 0.1) is 0 Å². The van der Waals surface area contributed by atoms with E-state index in [1.165, 1.54) is 17.0 Å². The number of aromatic nitrogens is 1. The van der Waals surface area contributed by atoms with Gasteiger partial charge in [-0.15, -0.1) is 0 Å². The standard InChI is InChI=1S/C17H16FN5O2/c18-13-3-1-11(2-4-13)14-7-10-23(17(24)25-14)16-20-15(21-22-16)12-5-8-19-9-6-12/h1-6,8-9,14,16,22H,7,10H2,(H,20,21). The minimum Gasteiger partial charge on any atom is -0.441 e. The number of carbonyl (C=O) groups is 1. The van der Waals surface area contributed by atoms with Gasteiger partial charge >= 0.3 is 6.09 Å². The van der Waals surface area contributed by atoms with Crippen molar-refractivity contribution in [1.82, 2.24) is 20.7 Å². The molecule has 1 aromatic heterocycles. The van der Waals surface area contributed by atoms with E-state index in [2.05, 4.69) is 20.8 Å². The van der Waals surface area contributed by atoms with Crippen molar-refractivity contribution in [3.63, 3.8) is 0 Å². The molecule has 1 aromatic carbocycles. The first-order chi connectivity index (χ1) is 12.2. The number of pyridine rings is 1. The van der Waals surface area contributed by atoms with Crippen LogP contribution in [0.25, 0.3) is 0 Å². The highest BCUT2D eigenvalue weighted by Crippen LogP contribution is 2.28. The Morgan fingerprint density at radius 2 is 1.92 bits per heavy atom. The molecular formula is C17H16FN5O2. The number of amidine groups is 1. The fourth-order valence-electron chi connectivity index (χ4n) is 2.85. The van der Waals surface area contributed by atoms with Crippen LogP contribution in [0, 0.1) is 5.82 Å². The van der Waals surface area contributed by atoms with Gasteiger partial charge in [0.1, 0.15) is 17.8 Å². The average Bonchev–Trinajstić information content (AvgIpc) is 3.13. The summed E-state index contributed by atoms with van der Waals surface area (Å²) in [5.74, 6) is 0.326. The number of nitrogens with one attached hydrogen (secondary N) is 2. The Bertz CT molecular complexity index is 796. The van der Waals surface area contributed by atoms with Crippen LogP contribution in [0.5, 0.6) is 0 Å². The summed E-state index contributed by atoms with van der Waals surface area (Å²) in [6.45, 7) is 0.480. The van der Waals surface area contributed by atoms with Gasteiger partial charge in [0.2, 0.25) is 0 Å². The molecule has 2 aliphatic heterocycles. The first-order valence-corrected chi connectivity index (χ1v) is 7.93. The number of carbonyl (C=O) groups excluding carboxylic acids is 1. The van der Waals surface area contributed by atoms with Gasteiger partial charge < -0.3 is 10.2 Å². The molecule has 8 heteroatoms. The number of rotatable bonds is 3. The van der Waals surface area contributed by atoms with Crippen LogP contribution in [0.1, 0.15) is 23.7 Å². The molecule has 4 rings (SSSR count). The number of nitrogens with zero attached hydrogens (tertiary/aromatic N) is 3. The maximum absolute atomic E-state index is 13.0. The van der Waals surface area contributed by atoms with Gasteiger partial charge in [-0.25, -0.2) is 14.2 Å². The highest BCUT2D eigenvalue weighted by Gasteiger charge is 2.35. The van der Waals surface area contributed by atoms with Gasteiger partial charge in [-0.1, -0.05) is 12.1 Å². The van der Waals surface area contributed by atoms with E-state index in [1.807, 2.05) is 12.1 Å². The zero-order chi connectivity index (χ0) is 17.2. The minimum absolute atomic E-state index is 0.313. The second kappa shape index (κ2) is 6.48. The molecule has 2 aromatic rings. The summed E-state index contributed by atoms with van der Waals surface area (Å²) in [6.07, 6.45) is 2.59. The Labute approximate surface area is 143 Å². The molecule has 3 heterocycles. The fraction of sp³-hybridized carbons (Fsp3) is 0.235. The van der Waals surface area contributed by atoms with E-state index in [4.69, 9.17) is 4.74 Å². The fourth-order valence-corrected chi connectivity index (χ4v) is 2.85. The van der Waals surface area contributed by atoms with Crippen molar-refractivity contribution in [1.29, 1.82) is 0 Å². The van der Waals surface area contributed by atoms with E-state index < -0.39 is 12.4 Å². The lowest BCUT2D eigenvalue weighted by Crippen LogP contribution is -2.51. The Hall–Kier alpha value is -3.00. The third kappa shape index (κ3) is 3.16. The zero-order valence-corrected chi connectivity index (χ0v) is 13.2. The molecule has 0 radical (unpaired) electrons. The second-order valence-corrected chi connectivity index (χ2v) is 5.76. The summed E-state index contributed by atoms with van der Waals surface area (Å²) in [6, 6.07) is 9.66.